The third-order valence-electron chi connectivity index (χ3n) is 3.81. The van der Waals surface area contributed by atoms with Crippen LogP contribution < -0.4 is 14.2 Å². The summed E-state index contributed by atoms with van der Waals surface area (Å²) in [5, 5.41) is 0. The lowest BCUT2D eigenvalue weighted by molar-refractivity contribution is 0.104. The zero-order chi connectivity index (χ0) is 17.7. The van der Waals surface area contributed by atoms with Gasteiger partial charge in [-0.25, -0.2) is 0 Å². The van der Waals surface area contributed by atoms with E-state index in [2.05, 4.69) is 0 Å². The first-order valence-electron chi connectivity index (χ1n) is 7.59. The van der Waals surface area contributed by atoms with E-state index in [0.717, 1.165) is 16.7 Å². The topological polar surface area (TPSA) is 44.8 Å². The smallest absolute Gasteiger partial charge is 0.186 e. The van der Waals surface area contributed by atoms with Gasteiger partial charge in [-0.15, -0.1) is 0 Å². The zero-order valence-corrected chi connectivity index (χ0v) is 14.7. The van der Waals surface area contributed by atoms with E-state index in [1.54, 1.807) is 45.6 Å². The first-order chi connectivity index (χ1) is 11.5. The number of benzene rings is 2. The van der Waals surface area contributed by atoms with E-state index in [4.69, 9.17) is 14.2 Å². The summed E-state index contributed by atoms with van der Waals surface area (Å²) in [6, 6.07) is 9.36. The van der Waals surface area contributed by atoms with Crippen LogP contribution in [-0.4, -0.2) is 27.1 Å². The molecule has 0 radical (unpaired) electrons. The zero-order valence-electron chi connectivity index (χ0n) is 14.7. The fourth-order valence-corrected chi connectivity index (χ4v) is 2.44. The van der Waals surface area contributed by atoms with Crippen molar-refractivity contribution in [2.45, 2.75) is 13.8 Å². The number of methoxy groups -OCH3 is 3. The summed E-state index contributed by atoms with van der Waals surface area (Å²) in [7, 11) is 4.71. The van der Waals surface area contributed by atoms with Crippen LogP contribution in [0.1, 0.15) is 27.0 Å². The summed E-state index contributed by atoms with van der Waals surface area (Å²) in [5.74, 6) is 1.72. The molecule has 0 aliphatic heterocycles. The van der Waals surface area contributed by atoms with Crippen molar-refractivity contribution in [2.24, 2.45) is 0 Å². The number of hydrogen-bond acceptors (Lipinski definition) is 4. The largest absolute Gasteiger partial charge is 0.496 e. The van der Waals surface area contributed by atoms with E-state index in [1.807, 2.05) is 32.0 Å². The Morgan fingerprint density at radius 2 is 1.50 bits per heavy atom. The Morgan fingerprint density at radius 1 is 0.875 bits per heavy atom. The monoisotopic (exact) mass is 326 g/mol. The van der Waals surface area contributed by atoms with Gasteiger partial charge >= 0.3 is 0 Å². The molecule has 0 aliphatic rings. The van der Waals surface area contributed by atoms with E-state index in [9.17, 15) is 4.79 Å². The predicted octanol–water partition coefficient (Wildman–Crippen LogP) is 4.23. The van der Waals surface area contributed by atoms with Gasteiger partial charge in [-0.2, -0.15) is 0 Å². The molecule has 0 N–H and O–H groups in total. The maximum absolute atomic E-state index is 12.5. The molecule has 0 fully saturated rings. The minimum Gasteiger partial charge on any atom is -0.496 e. The average molecular weight is 326 g/mol. The van der Waals surface area contributed by atoms with Crippen LogP contribution in [0.3, 0.4) is 0 Å². The molecule has 4 heteroatoms. The fraction of sp³-hybridized carbons (Fsp3) is 0.250. The normalized spacial score (nSPS) is 10.7. The van der Waals surface area contributed by atoms with Crippen LogP contribution in [0.4, 0.5) is 0 Å². The maximum Gasteiger partial charge on any atom is 0.186 e. The van der Waals surface area contributed by atoms with Crippen LogP contribution in [0.5, 0.6) is 17.2 Å². The van der Waals surface area contributed by atoms with Crippen LogP contribution >= 0.6 is 0 Å². The van der Waals surface area contributed by atoms with E-state index in [0.29, 0.717) is 22.8 Å². The van der Waals surface area contributed by atoms with E-state index >= 15 is 0 Å². The third kappa shape index (κ3) is 3.77. The van der Waals surface area contributed by atoms with Crippen LogP contribution in [0.25, 0.3) is 6.08 Å². The van der Waals surface area contributed by atoms with Crippen LogP contribution in [-0.2, 0) is 0 Å². The number of rotatable bonds is 6. The number of carbonyl (C=O) groups is 1. The lowest BCUT2D eigenvalue weighted by atomic mass is 10.0. The van der Waals surface area contributed by atoms with Crippen LogP contribution in [0.2, 0.25) is 0 Å². The summed E-state index contributed by atoms with van der Waals surface area (Å²) >= 11 is 0. The molecule has 0 aliphatic carbocycles. The Labute approximate surface area is 142 Å². The molecular weight excluding hydrogens is 304 g/mol. The van der Waals surface area contributed by atoms with Crippen molar-refractivity contribution < 1.29 is 19.0 Å². The van der Waals surface area contributed by atoms with E-state index in [1.165, 1.54) is 0 Å². The maximum atomic E-state index is 12.5. The summed E-state index contributed by atoms with van der Waals surface area (Å²) in [6.45, 7) is 3.90. The second-order valence-electron chi connectivity index (χ2n) is 5.47. The molecule has 2 aromatic rings. The van der Waals surface area contributed by atoms with Gasteiger partial charge in [0.25, 0.3) is 0 Å². The average Bonchev–Trinajstić information content (AvgIpc) is 2.60. The number of hydrogen-bond donors (Lipinski definition) is 0. The highest BCUT2D eigenvalue weighted by Gasteiger charge is 2.11. The van der Waals surface area contributed by atoms with Gasteiger partial charge in [0.15, 0.2) is 17.3 Å². The summed E-state index contributed by atoms with van der Waals surface area (Å²) in [6.07, 6.45) is 3.27. The molecule has 0 unspecified atom stereocenters. The molecule has 0 aromatic heterocycles. The predicted molar refractivity (Wildman–Crippen MR) is 95.4 cm³/mol. The molecule has 24 heavy (non-hydrogen) atoms. The molecule has 0 saturated heterocycles. The van der Waals surface area contributed by atoms with Gasteiger partial charge in [0.2, 0.25) is 0 Å². The molecular formula is C20H22O4. The number of ketones is 1. The first-order valence-corrected chi connectivity index (χ1v) is 7.59. The van der Waals surface area contributed by atoms with Crippen molar-refractivity contribution in [1.29, 1.82) is 0 Å². The van der Waals surface area contributed by atoms with Crippen molar-refractivity contribution in [1.82, 2.24) is 0 Å². The van der Waals surface area contributed by atoms with Crippen molar-refractivity contribution in [3.05, 3.63) is 58.7 Å². The van der Waals surface area contributed by atoms with Gasteiger partial charge in [-0.05, 0) is 43.7 Å². The van der Waals surface area contributed by atoms with Gasteiger partial charge in [-0.1, -0.05) is 17.7 Å². The second-order valence-corrected chi connectivity index (χ2v) is 5.47. The van der Waals surface area contributed by atoms with Crippen molar-refractivity contribution in [2.75, 3.05) is 21.3 Å². The molecule has 0 amide bonds. The second kappa shape index (κ2) is 7.68. The van der Waals surface area contributed by atoms with E-state index < -0.39 is 0 Å². The minimum atomic E-state index is -0.0481. The van der Waals surface area contributed by atoms with Crippen molar-refractivity contribution in [3.63, 3.8) is 0 Å². The number of allylic oxidation sites excluding steroid dienone is 1. The Bertz CT molecular complexity index is 775. The molecule has 2 rings (SSSR count). The fourth-order valence-electron chi connectivity index (χ4n) is 2.44. The molecule has 0 saturated carbocycles. The Morgan fingerprint density at radius 3 is 2.12 bits per heavy atom. The van der Waals surface area contributed by atoms with Gasteiger partial charge in [-0.3, -0.25) is 4.79 Å². The lowest BCUT2D eigenvalue weighted by Crippen LogP contribution is -1.99. The molecule has 0 spiro atoms. The van der Waals surface area contributed by atoms with Gasteiger partial charge in [0, 0.05) is 17.2 Å². The summed E-state index contributed by atoms with van der Waals surface area (Å²) in [5.41, 5.74) is 3.45. The lowest BCUT2D eigenvalue weighted by Gasteiger charge is -2.12. The first kappa shape index (κ1) is 17.6. The third-order valence-corrected chi connectivity index (χ3v) is 3.81. The van der Waals surface area contributed by atoms with Crippen molar-refractivity contribution >= 4 is 11.9 Å². The highest BCUT2D eigenvalue weighted by atomic mass is 16.5. The molecule has 126 valence electrons. The van der Waals surface area contributed by atoms with Crippen LogP contribution in [0, 0.1) is 13.8 Å². The van der Waals surface area contributed by atoms with Crippen LogP contribution in [0.15, 0.2) is 36.4 Å². The quantitative estimate of drug-likeness (QED) is 0.589. The highest BCUT2D eigenvalue weighted by molar-refractivity contribution is 6.08. The Kier molecular flexibility index (Phi) is 5.64. The number of aryl methyl sites for hydroxylation is 2. The Balaban J connectivity index is 2.37. The summed E-state index contributed by atoms with van der Waals surface area (Å²) < 4.78 is 15.9. The van der Waals surface area contributed by atoms with Gasteiger partial charge in [0.1, 0.15) is 5.75 Å². The molecule has 0 heterocycles. The molecule has 2 aromatic carbocycles. The minimum absolute atomic E-state index is 0.0481. The molecule has 0 bridgehead atoms. The molecule has 4 nitrogen and oxygen atoms in total. The number of carbonyl (C=O) groups excluding carboxylic acids is 1. The highest BCUT2D eigenvalue weighted by Crippen LogP contribution is 2.35. The standard InChI is InChI=1S/C20H22O4/c1-13-6-7-14(2)16(10-13)17(21)9-8-15-11-19(23-4)20(24-5)12-18(15)22-3/h6-12H,1-5H3. The number of ether oxygens (including phenoxy) is 3. The van der Waals surface area contributed by atoms with Gasteiger partial charge < -0.3 is 14.2 Å². The summed E-state index contributed by atoms with van der Waals surface area (Å²) in [4.78, 5) is 12.5. The van der Waals surface area contributed by atoms with Crippen molar-refractivity contribution in [3.8, 4) is 17.2 Å². The van der Waals surface area contributed by atoms with E-state index in [-0.39, 0.29) is 5.78 Å². The SMILES string of the molecule is COc1cc(OC)c(OC)cc1C=CC(=O)c1cc(C)ccc1C. The molecule has 0 atom stereocenters. The Hall–Kier alpha value is -2.75. The van der Waals surface area contributed by atoms with Gasteiger partial charge in [0.05, 0.1) is 21.3 Å².